The summed E-state index contributed by atoms with van der Waals surface area (Å²) in [4.78, 5) is 12.4. The smallest absolute Gasteiger partial charge is 0.262 e. The second-order valence-electron chi connectivity index (χ2n) is 6.88. The Hall–Kier alpha value is -3.96. The summed E-state index contributed by atoms with van der Waals surface area (Å²) in [6, 6.07) is 16.1. The molecule has 0 aliphatic carbocycles. The molecule has 9 heteroatoms. The van der Waals surface area contributed by atoms with Crippen LogP contribution in [0, 0.1) is 18.3 Å². The summed E-state index contributed by atoms with van der Waals surface area (Å²) in [6.45, 7) is 1.60. The molecule has 1 amide bonds. The SMILES string of the molecule is Cc1[nH]nc2c1C(c1ccccc1OCC(=O)Nc1cccc(Cl)c1)C(C#N)=C(N)O2. The van der Waals surface area contributed by atoms with E-state index in [-0.39, 0.29) is 24.0 Å². The van der Waals surface area contributed by atoms with Crippen molar-refractivity contribution in [2.75, 3.05) is 11.9 Å². The van der Waals surface area contributed by atoms with Crippen LogP contribution in [0.5, 0.6) is 11.6 Å². The number of carbonyl (C=O) groups is 1. The molecule has 0 radical (unpaired) electrons. The van der Waals surface area contributed by atoms with Crippen molar-refractivity contribution in [1.82, 2.24) is 10.2 Å². The van der Waals surface area contributed by atoms with Crippen LogP contribution in [0.15, 0.2) is 60.0 Å². The number of halogens is 1. The minimum Gasteiger partial charge on any atom is -0.483 e. The Kier molecular flexibility index (Phi) is 5.52. The number of aromatic nitrogens is 2. The van der Waals surface area contributed by atoms with Crippen LogP contribution in [0.4, 0.5) is 5.69 Å². The van der Waals surface area contributed by atoms with Crippen molar-refractivity contribution in [3.63, 3.8) is 0 Å². The van der Waals surface area contributed by atoms with Crippen molar-refractivity contribution < 1.29 is 14.3 Å². The average Bonchev–Trinajstić information content (AvgIpc) is 3.11. The molecule has 2 heterocycles. The second-order valence-corrected chi connectivity index (χ2v) is 7.31. The zero-order valence-electron chi connectivity index (χ0n) is 16.5. The number of allylic oxidation sites excluding steroid dienone is 1. The molecule has 3 aromatic rings. The molecule has 0 saturated heterocycles. The summed E-state index contributed by atoms with van der Waals surface area (Å²) >= 11 is 5.95. The Morgan fingerprint density at radius 3 is 2.94 bits per heavy atom. The number of anilines is 1. The van der Waals surface area contributed by atoms with Crippen molar-refractivity contribution in [1.29, 1.82) is 5.26 Å². The number of nitrogens with two attached hydrogens (primary N) is 1. The fourth-order valence-electron chi connectivity index (χ4n) is 3.47. The van der Waals surface area contributed by atoms with Gasteiger partial charge in [-0.25, -0.2) is 0 Å². The van der Waals surface area contributed by atoms with Gasteiger partial charge in [-0.1, -0.05) is 35.9 Å². The van der Waals surface area contributed by atoms with Crippen LogP contribution in [0.1, 0.15) is 22.7 Å². The number of amides is 1. The molecule has 0 saturated carbocycles. The summed E-state index contributed by atoms with van der Waals surface area (Å²) in [7, 11) is 0. The molecule has 0 fully saturated rings. The van der Waals surface area contributed by atoms with Crippen LogP contribution in [0.25, 0.3) is 0 Å². The van der Waals surface area contributed by atoms with Crippen molar-refractivity contribution in [3.8, 4) is 17.7 Å². The van der Waals surface area contributed by atoms with Gasteiger partial charge in [-0.2, -0.15) is 5.26 Å². The first-order chi connectivity index (χ1) is 15.0. The lowest BCUT2D eigenvalue weighted by Crippen LogP contribution is -2.23. The number of rotatable bonds is 5. The molecule has 4 rings (SSSR count). The highest BCUT2D eigenvalue weighted by molar-refractivity contribution is 6.30. The Labute approximate surface area is 183 Å². The van der Waals surface area contributed by atoms with Gasteiger partial charge in [0.25, 0.3) is 5.91 Å². The number of aromatic amines is 1. The van der Waals surface area contributed by atoms with Crippen LogP contribution in [-0.2, 0) is 4.79 Å². The molecular weight excluding hydrogens is 418 g/mol. The van der Waals surface area contributed by atoms with Crippen molar-refractivity contribution in [2.24, 2.45) is 5.73 Å². The zero-order chi connectivity index (χ0) is 22.0. The third-order valence-electron chi connectivity index (χ3n) is 4.83. The largest absolute Gasteiger partial charge is 0.483 e. The van der Waals surface area contributed by atoms with Crippen molar-refractivity contribution in [3.05, 3.63) is 81.8 Å². The maximum absolute atomic E-state index is 12.4. The summed E-state index contributed by atoms with van der Waals surface area (Å²) in [5, 5.41) is 20.0. The number of benzene rings is 2. The third-order valence-corrected chi connectivity index (χ3v) is 5.06. The van der Waals surface area contributed by atoms with Crippen LogP contribution < -0.4 is 20.5 Å². The fraction of sp³-hybridized carbons (Fsp3) is 0.136. The maximum atomic E-state index is 12.4. The van der Waals surface area contributed by atoms with Gasteiger partial charge in [0.15, 0.2) is 6.61 Å². The molecule has 1 aromatic heterocycles. The highest BCUT2D eigenvalue weighted by atomic mass is 35.5. The topological polar surface area (TPSA) is 126 Å². The fourth-order valence-corrected chi connectivity index (χ4v) is 3.66. The highest BCUT2D eigenvalue weighted by Gasteiger charge is 2.35. The monoisotopic (exact) mass is 435 g/mol. The van der Waals surface area contributed by atoms with Crippen LogP contribution >= 0.6 is 11.6 Å². The summed E-state index contributed by atoms with van der Waals surface area (Å²) in [5.74, 6) is -0.144. The van der Waals surface area contributed by atoms with E-state index in [4.69, 9.17) is 26.8 Å². The first-order valence-corrected chi connectivity index (χ1v) is 9.75. The molecule has 8 nitrogen and oxygen atoms in total. The number of carbonyl (C=O) groups excluding carboxylic acids is 1. The van der Waals surface area contributed by atoms with Gasteiger partial charge >= 0.3 is 0 Å². The number of nitriles is 1. The number of hydrogen-bond donors (Lipinski definition) is 3. The van der Waals surface area contributed by atoms with Gasteiger partial charge in [-0.15, -0.1) is 5.10 Å². The molecule has 4 N–H and O–H groups in total. The molecule has 1 unspecified atom stereocenters. The minimum atomic E-state index is -0.542. The number of fused-ring (bicyclic) bond motifs is 1. The molecule has 1 aliphatic heterocycles. The number of hydrogen-bond acceptors (Lipinski definition) is 6. The van der Waals surface area contributed by atoms with E-state index in [9.17, 15) is 10.1 Å². The van der Waals surface area contributed by atoms with Gasteiger partial charge in [-0.05, 0) is 31.2 Å². The summed E-state index contributed by atoms with van der Waals surface area (Å²) < 4.78 is 11.3. The molecule has 1 atom stereocenters. The normalized spacial score (nSPS) is 14.9. The molecule has 2 aromatic carbocycles. The van der Waals surface area contributed by atoms with E-state index >= 15 is 0 Å². The number of nitrogens with one attached hydrogen (secondary N) is 2. The number of ether oxygens (including phenoxy) is 2. The lowest BCUT2D eigenvalue weighted by Gasteiger charge is -2.25. The minimum absolute atomic E-state index is 0.0139. The van der Waals surface area contributed by atoms with E-state index < -0.39 is 5.92 Å². The highest BCUT2D eigenvalue weighted by Crippen LogP contribution is 2.45. The van der Waals surface area contributed by atoms with E-state index in [1.165, 1.54) is 0 Å². The Balaban J connectivity index is 1.61. The first-order valence-electron chi connectivity index (χ1n) is 9.37. The van der Waals surface area contributed by atoms with Gasteiger partial charge < -0.3 is 20.5 Å². The molecule has 0 spiro atoms. The Bertz CT molecular complexity index is 1230. The lowest BCUT2D eigenvalue weighted by atomic mass is 9.83. The van der Waals surface area contributed by atoms with Crippen molar-refractivity contribution in [2.45, 2.75) is 12.8 Å². The molecule has 1 aliphatic rings. The number of aryl methyl sites for hydroxylation is 1. The predicted octanol–water partition coefficient (Wildman–Crippen LogP) is 3.61. The van der Waals surface area contributed by atoms with Gasteiger partial charge in [0.05, 0.1) is 5.92 Å². The Morgan fingerprint density at radius 1 is 1.35 bits per heavy atom. The summed E-state index contributed by atoms with van der Waals surface area (Å²) in [6.07, 6.45) is 0. The molecule has 156 valence electrons. The van der Waals surface area contributed by atoms with E-state index in [0.717, 1.165) is 5.69 Å². The van der Waals surface area contributed by atoms with Gasteiger partial charge in [0.1, 0.15) is 17.4 Å². The standard InChI is InChI=1S/C22H18ClN5O3/c1-12-19-20(16(10-24)21(25)31-22(19)28-27-12)15-7-2-3-8-17(15)30-11-18(29)26-14-6-4-5-13(23)9-14/h2-9,20H,11,25H2,1H3,(H,26,29)(H,27,28). The van der Waals surface area contributed by atoms with Crippen LogP contribution in [0.2, 0.25) is 5.02 Å². The number of H-pyrrole nitrogens is 1. The zero-order valence-corrected chi connectivity index (χ0v) is 17.2. The molecular formula is C22H18ClN5O3. The number of nitrogens with zero attached hydrogens (tertiary/aromatic N) is 2. The van der Waals surface area contributed by atoms with Gasteiger partial charge in [-0.3, -0.25) is 9.89 Å². The quantitative estimate of drug-likeness (QED) is 0.562. The van der Waals surface area contributed by atoms with Crippen molar-refractivity contribution >= 4 is 23.2 Å². The number of para-hydroxylation sites is 1. The second kappa shape index (κ2) is 8.42. The molecule has 31 heavy (non-hydrogen) atoms. The van der Waals surface area contributed by atoms with E-state index in [1.807, 2.05) is 19.1 Å². The van der Waals surface area contributed by atoms with Crippen LogP contribution in [-0.4, -0.2) is 22.7 Å². The lowest BCUT2D eigenvalue weighted by molar-refractivity contribution is -0.118. The van der Waals surface area contributed by atoms with E-state index in [2.05, 4.69) is 21.6 Å². The van der Waals surface area contributed by atoms with E-state index in [1.54, 1.807) is 36.4 Å². The van der Waals surface area contributed by atoms with Gasteiger partial charge in [0, 0.05) is 27.5 Å². The van der Waals surface area contributed by atoms with Gasteiger partial charge in [0.2, 0.25) is 11.8 Å². The first kappa shape index (κ1) is 20.3. The van der Waals surface area contributed by atoms with E-state index in [0.29, 0.717) is 33.5 Å². The third kappa shape index (κ3) is 4.04. The summed E-state index contributed by atoms with van der Waals surface area (Å²) in [5.41, 5.74) is 8.91. The Morgan fingerprint density at radius 2 is 2.16 bits per heavy atom. The predicted molar refractivity (Wildman–Crippen MR) is 115 cm³/mol. The molecule has 0 bridgehead atoms. The average molecular weight is 436 g/mol. The van der Waals surface area contributed by atoms with Crippen LogP contribution in [0.3, 0.4) is 0 Å². The maximum Gasteiger partial charge on any atom is 0.262 e.